The molecule has 0 aromatic rings. The Balaban J connectivity index is -0.000000176. The van der Waals surface area contributed by atoms with Crippen LogP contribution in [0.3, 0.4) is 0 Å². The van der Waals surface area contributed by atoms with Gasteiger partial charge in [-0.25, -0.2) is 0 Å². The lowest BCUT2D eigenvalue weighted by Gasteiger charge is -2.26. The number of hydrogen-bond donors (Lipinski definition) is 4. The zero-order valence-electron chi connectivity index (χ0n) is 48.5. The summed E-state index contributed by atoms with van der Waals surface area (Å²) in [4.78, 5) is 39.5. The lowest BCUT2D eigenvalue weighted by molar-refractivity contribution is -0.174. The van der Waals surface area contributed by atoms with Crippen molar-refractivity contribution in [1.82, 2.24) is 25.3 Å². The smallest absolute Gasteiger partial charge is 0.463 e. The molecule has 0 radical (unpaired) electrons. The number of aliphatic hydroxyl groups is 1. The van der Waals surface area contributed by atoms with E-state index in [0.29, 0.717) is 36.5 Å². The molecule has 0 saturated carbocycles. The molecule has 16 nitrogen and oxygen atoms in total. The normalized spacial score (nSPS) is 15.1. The number of nitrogens with one attached hydrogen (secondary N) is 2. The van der Waals surface area contributed by atoms with E-state index in [1.54, 1.807) is 26.3 Å². The molecular formula is C51H110ClF3N6O10. The molecular weight excluding hydrogens is 949 g/mol. The van der Waals surface area contributed by atoms with Gasteiger partial charge in [-0.3, -0.25) is 29.1 Å². The summed E-state index contributed by atoms with van der Waals surface area (Å²) in [5.41, 5.74) is 5.11. The highest BCUT2D eigenvalue weighted by Gasteiger charge is 2.38. The van der Waals surface area contributed by atoms with Gasteiger partial charge in [-0.05, 0) is 109 Å². The van der Waals surface area contributed by atoms with Crippen LogP contribution in [0.25, 0.3) is 0 Å². The van der Waals surface area contributed by atoms with Crippen LogP contribution in [0.5, 0.6) is 0 Å². The first-order chi connectivity index (χ1) is 32.7. The molecule has 3 rings (SSSR count). The molecule has 5 N–H and O–H groups in total. The Labute approximate surface area is 436 Å². The number of methoxy groups -OCH3 is 1. The molecule has 432 valence electrons. The van der Waals surface area contributed by atoms with E-state index in [2.05, 4.69) is 54.6 Å². The van der Waals surface area contributed by atoms with Crippen LogP contribution in [0.4, 0.5) is 13.2 Å². The zero-order valence-corrected chi connectivity index (χ0v) is 49.2. The van der Waals surface area contributed by atoms with Crippen LogP contribution in [-0.4, -0.2) is 204 Å². The number of alkyl halides is 4. The van der Waals surface area contributed by atoms with Gasteiger partial charge in [0.25, 0.3) is 0 Å². The van der Waals surface area contributed by atoms with Crippen molar-refractivity contribution in [2.45, 2.75) is 198 Å². The standard InChI is InChI=1S/C10H20N2O2.C10H19NO3.C9H19NO2.C5H8F3NO.C4H10O.C4H10.C3H7Cl.C3H9N.C3H8O/c1-9(2)11-10(13)3-4-12-5-7-14-8-6-12;1-9(2)14-10(12)3-4-11-5-7-13-8-6-11;1-9(2)12-8-5-10-3-6-11-7-4-10;1-3(2)9-4(10)5(6,7)8;1-4(2)5-3;1-4(2)3;3*1-3(2)4/h9H,3-8H2,1-2H3,(H,11,13);9H,3-8H2,1-2H3;9H,3-8H2,1-2H3;3H,1-2H3,(H,9,10);4H,1-3H3;4H,1-3H3;3H,1-2H3;3H,4H2,1-2H3;3-4H,1-2H3. The Morgan fingerprint density at radius 3 is 1.14 bits per heavy atom. The Morgan fingerprint density at radius 1 is 0.606 bits per heavy atom. The number of hydrogen-bond acceptors (Lipinski definition) is 14. The van der Waals surface area contributed by atoms with E-state index in [4.69, 9.17) is 50.9 Å². The highest BCUT2D eigenvalue weighted by molar-refractivity contribution is 6.20. The van der Waals surface area contributed by atoms with Gasteiger partial charge in [0.05, 0.1) is 71.0 Å². The maximum absolute atomic E-state index is 11.4. The molecule has 0 atom stereocenters. The minimum Gasteiger partial charge on any atom is -0.463 e. The maximum Gasteiger partial charge on any atom is 0.471 e. The van der Waals surface area contributed by atoms with Crippen LogP contribution in [0.1, 0.15) is 144 Å². The molecule has 0 unspecified atom stereocenters. The molecule has 71 heavy (non-hydrogen) atoms. The summed E-state index contributed by atoms with van der Waals surface area (Å²) < 4.78 is 65.1. The van der Waals surface area contributed by atoms with Gasteiger partial charge in [0, 0.05) is 96.0 Å². The first kappa shape index (κ1) is 80.5. The predicted molar refractivity (Wildman–Crippen MR) is 286 cm³/mol. The Kier molecular flexibility index (Phi) is 61.6. The zero-order chi connectivity index (χ0) is 56.5. The summed E-state index contributed by atoms with van der Waals surface area (Å²) in [5, 5.41) is 13.0. The monoisotopic (exact) mass is 1060 g/mol. The summed E-state index contributed by atoms with van der Waals surface area (Å²) in [5.74, 6) is -1.01. The van der Waals surface area contributed by atoms with Crippen molar-refractivity contribution in [2.75, 3.05) is 112 Å². The minimum atomic E-state index is -4.76. The highest BCUT2D eigenvalue weighted by atomic mass is 35.5. The van der Waals surface area contributed by atoms with E-state index in [0.717, 1.165) is 111 Å². The third kappa shape index (κ3) is 88.1. The number of nitrogens with two attached hydrogens (primary N) is 1. The number of carbonyl (C=O) groups is 3. The van der Waals surface area contributed by atoms with Crippen molar-refractivity contribution in [3.05, 3.63) is 0 Å². The number of carbonyl (C=O) groups excluding carboxylic acids is 3. The molecule has 3 aliphatic rings. The largest absolute Gasteiger partial charge is 0.471 e. The number of morpholine rings is 3. The number of halogens is 4. The van der Waals surface area contributed by atoms with Crippen LogP contribution in [0.2, 0.25) is 0 Å². The lowest BCUT2D eigenvalue weighted by Crippen LogP contribution is -2.40. The summed E-state index contributed by atoms with van der Waals surface area (Å²) in [6, 6.07) is 0.0984. The van der Waals surface area contributed by atoms with Gasteiger partial charge in [-0.2, -0.15) is 13.2 Å². The van der Waals surface area contributed by atoms with Crippen molar-refractivity contribution >= 4 is 29.4 Å². The van der Waals surface area contributed by atoms with Crippen molar-refractivity contribution in [2.24, 2.45) is 11.7 Å². The molecule has 2 amide bonds. The Bertz CT molecular complexity index is 1070. The average Bonchev–Trinajstić information content (AvgIpc) is 3.22. The van der Waals surface area contributed by atoms with Crippen LogP contribution < -0.4 is 16.4 Å². The summed E-state index contributed by atoms with van der Waals surface area (Å²) in [6.07, 6.45) is -3.12. The first-order valence-electron chi connectivity index (χ1n) is 25.7. The Morgan fingerprint density at radius 2 is 0.901 bits per heavy atom. The van der Waals surface area contributed by atoms with Crippen molar-refractivity contribution in [3.63, 3.8) is 0 Å². The van der Waals surface area contributed by atoms with Gasteiger partial charge < -0.3 is 49.9 Å². The molecule has 3 saturated heterocycles. The molecule has 3 fully saturated rings. The van der Waals surface area contributed by atoms with Gasteiger partial charge in [-0.1, -0.05) is 34.6 Å². The van der Waals surface area contributed by atoms with E-state index in [-0.39, 0.29) is 30.1 Å². The summed E-state index contributed by atoms with van der Waals surface area (Å²) in [7, 11) is 1.70. The molecule has 20 heteroatoms. The van der Waals surface area contributed by atoms with Crippen LogP contribution in [0, 0.1) is 5.92 Å². The van der Waals surface area contributed by atoms with E-state index in [9.17, 15) is 27.6 Å². The van der Waals surface area contributed by atoms with Crippen molar-refractivity contribution in [1.29, 1.82) is 0 Å². The molecule has 3 heterocycles. The van der Waals surface area contributed by atoms with Crippen molar-refractivity contribution in [3.8, 4) is 0 Å². The summed E-state index contributed by atoms with van der Waals surface area (Å²) in [6.45, 7) is 50.7. The number of rotatable bonds is 14. The fourth-order valence-corrected chi connectivity index (χ4v) is 4.46. The van der Waals surface area contributed by atoms with Crippen molar-refractivity contribution < 1.29 is 61.1 Å². The van der Waals surface area contributed by atoms with E-state index >= 15 is 0 Å². The lowest BCUT2D eigenvalue weighted by atomic mass is 10.3. The van der Waals surface area contributed by atoms with E-state index < -0.39 is 18.1 Å². The first-order valence-corrected chi connectivity index (χ1v) is 26.1. The van der Waals surface area contributed by atoms with Crippen LogP contribution in [0.15, 0.2) is 0 Å². The average molecular weight is 1060 g/mol. The predicted octanol–water partition coefficient (Wildman–Crippen LogP) is 7.79. The fourth-order valence-electron chi connectivity index (χ4n) is 4.46. The number of ether oxygens (including phenoxy) is 6. The van der Waals surface area contributed by atoms with Crippen LogP contribution in [-0.2, 0) is 42.8 Å². The van der Waals surface area contributed by atoms with Gasteiger partial charge in [0.15, 0.2) is 0 Å². The highest BCUT2D eigenvalue weighted by Crippen LogP contribution is 2.14. The molecule has 0 bridgehead atoms. The second kappa shape index (κ2) is 54.4. The SMILES string of the molecule is CC(C)C.CC(C)Cl.CC(C)N.CC(C)NC(=O)C(F)(F)F.CC(C)NC(=O)CCN1CCOCC1.CC(C)O.CC(C)OC(=O)CCN1CCOCC1.CC(C)OCCN1CCOCC1.COC(C)C. The molecule has 3 aliphatic heterocycles. The molecule has 0 aliphatic carbocycles. The van der Waals surface area contributed by atoms with Gasteiger partial charge in [0.1, 0.15) is 0 Å². The fraction of sp³-hybridized carbons (Fsp3) is 0.941. The molecule has 0 spiro atoms. The second-order valence-electron chi connectivity index (χ2n) is 19.5. The Hall–Kier alpha value is -1.91. The minimum absolute atomic E-state index is 0.00723. The third-order valence-electron chi connectivity index (χ3n) is 7.42. The third-order valence-corrected chi connectivity index (χ3v) is 7.42. The second-order valence-corrected chi connectivity index (χ2v) is 20.4. The number of nitrogens with zero attached hydrogens (tertiary/aromatic N) is 3. The number of esters is 1. The maximum atomic E-state index is 11.4. The van der Waals surface area contributed by atoms with Gasteiger partial charge in [-0.15, -0.1) is 11.6 Å². The topological polar surface area (TPSA) is 187 Å². The van der Waals surface area contributed by atoms with E-state index in [1.807, 2.05) is 69.2 Å². The van der Waals surface area contributed by atoms with Crippen LogP contribution >= 0.6 is 11.6 Å². The number of aliphatic hydroxyl groups excluding tert-OH is 1. The van der Waals surface area contributed by atoms with Gasteiger partial charge >= 0.3 is 18.1 Å². The molecule has 0 aromatic heterocycles. The van der Waals surface area contributed by atoms with Gasteiger partial charge in [0.2, 0.25) is 5.91 Å². The number of amides is 2. The quantitative estimate of drug-likeness (QED) is 0.0976. The van der Waals surface area contributed by atoms with E-state index in [1.165, 1.54) is 13.8 Å². The summed E-state index contributed by atoms with van der Waals surface area (Å²) >= 11 is 5.27. The molecule has 0 aromatic carbocycles.